The minimum absolute atomic E-state index is 0.722. The molecule has 1 aromatic rings. The van der Waals surface area contributed by atoms with Crippen LogP contribution in [0.4, 0.5) is 0 Å². The highest BCUT2D eigenvalue weighted by Crippen LogP contribution is 2.36. The maximum atomic E-state index is 4.25. The number of hydrogen-bond acceptors (Lipinski definition) is 0. The molecule has 1 heteroatoms. The zero-order valence-corrected chi connectivity index (χ0v) is 18.3. The summed E-state index contributed by atoms with van der Waals surface area (Å²) in [5.41, 5.74) is 6.48. The van der Waals surface area contributed by atoms with Gasteiger partial charge in [-0.3, -0.25) is 0 Å². The monoisotopic (exact) mass is 422 g/mol. The Morgan fingerprint density at radius 3 is 2.11 bits per heavy atom. The Morgan fingerprint density at radius 1 is 0.963 bits per heavy atom. The van der Waals surface area contributed by atoms with Gasteiger partial charge in [0.2, 0.25) is 0 Å². The average molecular weight is 423 g/mol. The summed E-state index contributed by atoms with van der Waals surface area (Å²) in [6, 6.07) is 8.96. The molecule has 0 nitrogen and oxygen atoms in total. The SMILES string of the molecule is C=C(Br)/C=C\C(=C)C(=C)/C(C)=C\C(=C)c1ccc(C2CCC(C)CC2)cc1. The molecule has 1 aromatic carbocycles. The summed E-state index contributed by atoms with van der Waals surface area (Å²) in [7, 11) is 0. The quantitative estimate of drug-likeness (QED) is 0.386. The van der Waals surface area contributed by atoms with Crippen LogP contribution in [0.25, 0.3) is 5.57 Å². The van der Waals surface area contributed by atoms with Crippen LogP contribution in [0, 0.1) is 5.92 Å². The summed E-state index contributed by atoms with van der Waals surface area (Å²) < 4.78 is 0.815. The van der Waals surface area contributed by atoms with Gasteiger partial charge >= 0.3 is 0 Å². The number of halogens is 1. The fourth-order valence-corrected chi connectivity index (χ4v) is 3.67. The third-order valence-electron chi connectivity index (χ3n) is 5.49. The van der Waals surface area contributed by atoms with E-state index >= 15 is 0 Å². The van der Waals surface area contributed by atoms with Gasteiger partial charge in [0, 0.05) is 4.48 Å². The second kappa shape index (κ2) is 9.90. The standard InChI is InChI=1S/C26H31Br/c1-18-7-11-25(12-8-18)26-15-13-24(14-16-26)21(4)17-20(3)23(6)19(2)9-10-22(5)27/h9-10,13-18,25H,2,4-8,11-12H2,1,3H3/b10-9-,20-17-. The normalized spacial score (nSPS) is 20.5. The molecule has 0 spiro atoms. The predicted octanol–water partition coefficient (Wildman–Crippen LogP) is 8.52. The van der Waals surface area contributed by atoms with E-state index in [-0.39, 0.29) is 0 Å². The smallest absolute Gasteiger partial charge is 0.0103 e. The molecule has 0 unspecified atom stereocenters. The molecule has 0 saturated heterocycles. The zero-order valence-electron chi connectivity index (χ0n) is 16.7. The molecule has 0 aromatic heterocycles. The van der Waals surface area contributed by atoms with Crippen molar-refractivity contribution in [3.8, 4) is 0 Å². The van der Waals surface area contributed by atoms with E-state index in [1.54, 1.807) is 0 Å². The molecular weight excluding hydrogens is 392 g/mol. The summed E-state index contributed by atoms with van der Waals surface area (Å²) in [6.07, 6.45) is 11.2. The fraction of sp³-hybridized carbons (Fsp3) is 0.308. The van der Waals surface area contributed by atoms with Crippen molar-refractivity contribution in [2.75, 3.05) is 0 Å². The van der Waals surface area contributed by atoms with E-state index in [0.717, 1.165) is 44.2 Å². The maximum Gasteiger partial charge on any atom is 0.0103 e. The van der Waals surface area contributed by atoms with Crippen molar-refractivity contribution < 1.29 is 0 Å². The first-order valence-corrected chi connectivity index (χ1v) is 10.5. The highest BCUT2D eigenvalue weighted by Gasteiger charge is 2.19. The van der Waals surface area contributed by atoms with Crippen molar-refractivity contribution in [2.24, 2.45) is 5.92 Å². The van der Waals surface area contributed by atoms with E-state index in [4.69, 9.17) is 0 Å². The minimum atomic E-state index is 0.722. The molecule has 0 radical (unpaired) electrons. The van der Waals surface area contributed by atoms with Gasteiger partial charge in [0.05, 0.1) is 0 Å². The van der Waals surface area contributed by atoms with Crippen LogP contribution in [0.1, 0.15) is 56.6 Å². The van der Waals surface area contributed by atoms with E-state index < -0.39 is 0 Å². The highest BCUT2D eigenvalue weighted by molar-refractivity contribution is 9.11. The highest BCUT2D eigenvalue weighted by atomic mass is 79.9. The lowest BCUT2D eigenvalue weighted by Crippen LogP contribution is -2.10. The number of hydrogen-bond donors (Lipinski definition) is 0. The molecule has 0 heterocycles. The van der Waals surface area contributed by atoms with E-state index in [1.807, 2.05) is 19.1 Å². The molecule has 1 fully saturated rings. The van der Waals surface area contributed by atoms with Gasteiger partial charge in [-0.2, -0.15) is 0 Å². The predicted molar refractivity (Wildman–Crippen MR) is 125 cm³/mol. The Bertz CT molecular complexity index is 778. The molecule has 0 atom stereocenters. The summed E-state index contributed by atoms with van der Waals surface area (Å²) in [5, 5.41) is 0. The van der Waals surface area contributed by atoms with Gasteiger partial charge in [-0.15, -0.1) is 0 Å². The Morgan fingerprint density at radius 2 is 1.56 bits per heavy atom. The lowest BCUT2D eigenvalue weighted by atomic mass is 9.79. The Labute approximate surface area is 173 Å². The second-order valence-electron chi connectivity index (χ2n) is 7.72. The van der Waals surface area contributed by atoms with Gasteiger partial charge in [0.1, 0.15) is 0 Å². The van der Waals surface area contributed by atoms with Crippen molar-refractivity contribution in [3.63, 3.8) is 0 Å². The van der Waals surface area contributed by atoms with E-state index in [1.165, 1.54) is 31.2 Å². The van der Waals surface area contributed by atoms with Crippen LogP contribution in [-0.2, 0) is 0 Å². The van der Waals surface area contributed by atoms with Crippen LogP contribution in [-0.4, -0.2) is 0 Å². The molecule has 0 bridgehead atoms. The van der Waals surface area contributed by atoms with Crippen molar-refractivity contribution >= 4 is 21.5 Å². The largest absolute Gasteiger partial charge is 0.0912 e. The third-order valence-corrected chi connectivity index (χ3v) is 5.75. The van der Waals surface area contributed by atoms with Gasteiger partial charge in [0.15, 0.2) is 0 Å². The fourth-order valence-electron chi connectivity index (χ4n) is 3.54. The summed E-state index contributed by atoms with van der Waals surface area (Å²) in [4.78, 5) is 0. The Balaban J connectivity index is 2.04. The molecule has 0 amide bonds. The van der Waals surface area contributed by atoms with Crippen molar-refractivity contribution in [1.82, 2.24) is 0 Å². The second-order valence-corrected chi connectivity index (χ2v) is 8.73. The first-order chi connectivity index (χ1) is 12.8. The van der Waals surface area contributed by atoms with Gasteiger partial charge in [-0.1, -0.05) is 98.4 Å². The molecule has 2 rings (SSSR count). The zero-order chi connectivity index (χ0) is 20.0. The summed E-state index contributed by atoms with van der Waals surface area (Å²) in [5.74, 6) is 1.61. The molecule has 27 heavy (non-hydrogen) atoms. The van der Waals surface area contributed by atoms with E-state index in [2.05, 4.69) is 79.5 Å². The van der Waals surface area contributed by atoms with Crippen LogP contribution >= 0.6 is 15.9 Å². The van der Waals surface area contributed by atoms with Crippen molar-refractivity contribution in [1.29, 1.82) is 0 Å². The lowest BCUT2D eigenvalue weighted by Gasteiger charge is -2.26. The molecule has 1 aliphatic carbocycles. The van der Waals surface area contributed by atoms with Crippen molar-refractivity contribution in [3.05, 3.63) is 101 Å². The van der Waals surface area contributed by atoms with Crippen LogP contribution < -0.4 is 0 Å². The Kier molecular flexibility index (Phi) is 7.86. The van der Waals surface area contributed by atoms with Crippen LogP contribution in [0.2, 0.25) is 0 Å². The van der Waals surface area contributed by atoms with E-state index in [0.29, 0.717) is 0 Å². The van der Waals surface area contributed by atoms with Gasteiger partial charge in [-0.25, -0.2) is 0 Å². The maximum absolute atomic E-state index is 4.25. The average Bonchev–Trinajstić information content (AvgIpc) is 2.66. The lowest BCUT2D eigenvalue weighted by molar-refractivity contribution is 0.348. The third kappa shape index (κ3) is 6.36. The Hall–Kier alpha value is -1.86. The van der Waals surface area contributed by atoms with Gasteiger partial charge < -0.3 is 0 Å². The molecular formula is C26H31Br. The molecule has 1 aliphatic rings. The molecule has 1 saturated carbocycles. The molecule has 142 valence electrons. The number of benzene rings is 1. The van der Waals surface area contributed by atoms with Crippen LogP contribution in [0.15, 0.2) is 90.0 Å². The first kappa shape index (κ1) is 21.4. The van der Waals surface area contributed by atoms with Crippen molar-refractivity contribution in [2.45, 2.75) is 45.4 Å². The van der Waals surface area contributed by atoms with E-state index in [9.17, 15) is 0 Å². The molecule has 0 aliphatic heterocycles. The molecule has 0 N–H and O–H groups in total. The summed E-state index contributed by atoms with van der Waals surface area (Å²) in [6.45, 7) is 20.7. The minimum Gasteiger partial charge on any atom is -0.0912 e. The summed E-state index contributed by atoms with van der Waals surface area (Å²) >= 11 is 3.32. The van der Waals surface area contributed by atoms with Crippen LogP contribution in [0.5, 0.6) is 0 Å². The van der Waals surface area contributed by atoms with Gasteiger partial charge in [0.25, 0.3) is 0 Å². The number of allylic oxidation sites excluding steroid dienone is 8. The number of rotatable bonds is 7. The van der Waals surface area contributed by atoms with Gasteiger partial charge in [-0.05, 0) is 71.1 Å². The van der Waals surface area contributed by atoms with Crippen LogP contribution in [0.3, 0.4) is 0 Å². The first-order valence-electron chi connectivity index (χ1n) is 9.66. The topological polar surface area (TPSA) is 0 Å².